The monoisotopic (exact) mass is 304 g/mol. The average molecular weight is 305 g/mol. The first-order valence-corrected chi connectivity index (χ1v) is 8.54. The number of ether oxygens (including phenoxy) is 2. The van der Waals surface area contributed by atoms with Crippen molar-refractivity contribution in [3.63, 3.8) is 0 Å². The second kappa shape index (κ2) is 6.11. The summed E-state index contributed by atoms with van der Waals surface area (Å²) in [5, 5.41) is 0. The van der Waals surface area contributed by atoms with Crippen molar-refractivity contribution in [3.05, 3.63) is 24.3 Å². The van der Waals surface area contributed by atoms with Crippen LogP contribution >= 0.6 is 10.7 Å². The zero-order valence-corrected chi connectivity index (χ0v) is 12.3. The van der Waals surface area contributed by atoms with E-state index in [2.05, 4.69) is 0 Å². The highest BCUT2D eigenvalue weighted by molar-refractivity contribution is 8.13. The van der Waals surface area contributed by atoms with Gasteiger partial charge in [-0.25, -0.2) is 8.42 Å². The molecular weight excluding hydrogens is 288 g/mol. The summed E-state index contributed by atoms with van der Waals surface area (Å²) in [6.07, 6.45) is 4.39. The number of hydrogen-bond acceptors (Lipinski definition) is 4. The molecule has 0 heterocycles. The largest absolute Gasteiger partial charge is 0.490 e. The number of halogens is 1. The maximum Gasteiger partial charge on any atom is 0.261 e. The third-order valence-corrected chi connectivity index (χ3v) is 4.69. The van der Waals surface area contributed by atoms with Crippen LogP contribution in [0.1, 0.15) is 25.7 Å². The van der Waals surface area contributed by atoms with E-state index in [9.17, 15) is 8.42 Å². The highest BCUT2D eigenvalue weighted by Gasteiger charge is 2.23. The minimum Gasteiger partial charge on any atom is -0.490 e. The topological polar surface area (TPSA) is 52.6 Å². The summed E-state index contributed by atoms with van der Waals surface area (Å²) in [5.74, 6) is 0.658. The Kier molecular flexibility index (Phi) is 4.71. The van der Waals surface area contributed by atoms with Gasteiger partial charge in [0.05, 0.1) is 11.0 Å². The van der Waals surface area contributed by atoms with Gasteiger partial charge in [0.1, 0.15) is 11.9 Å². The molecule has 106 valence electrons. The van der Waals surface area contributed by atoms with E-state index in [4.69, 9.17) is 20.2 Å². The SMILES string of the molecule is COC1CCCC(Oc2ccc(S(=O)(=O)Cl)cc2)C1. The van der Waals surface area contributed by atoms with Crippen molar-refractivity contribution in [1.82, 2.24) is 0 Å². The van der Waals surface area contributed by atoms with Gasteiger partial charge in [0, 0.05) is 24.2 Å². The Bertz CT molecular complexity index is 512. The molecule has 1 saturated carbocycles. The van der Waals surface area contributed by atoms with Crippen LogP contribution in [-0.2, 0) is 13.8 Å². The molecule has 1 aromatic carbocycles. The summed E-state index contributed by atoms with van der Waals surface area (Å²) in [7, 11) is 3.30. The number of rotatable bonds is 4. The second-order valence-corrected chi connectivity index (χ2v) is 7.24. The van der Waals surface area contributed by atoms with Gasteiger partial charge < -0.3 is 9.47 Å². The van der Waals surface area contributed by atoms with Crippen molar-refractivity contribution in [2.45, 2.75) is 42.8 Å². The third kappa shape index (κ3) is 4.09. The minimum atomic E-state index is -3.67. The van der Waals surface area contributed by atoms with Gasteiger partial charge in [0.15, 0.2) is 0 Å². The molecule has 19 heavy (non-hydrogen) atoms. The Hall–Kier alpha value is -0.780. The molecule has 0 aromatic heterocycles. The predicted molar refractivity (Wildman–Crippen MR) is 73.2 cm³/mol. The first-order chi connectivity index (χ1) is 8.99. The lowest BCUT2D eigenvalue weighted by Gasteiger charge is -2.28. The first-order valence-electron chi connectivity index (χ1n) is 6.23. The maximum atomic E-state index is 11.1. The molecule has 2 atom stereocenters. The molecule has 1 aliphatic rings. The molecule has 1 aliphatic carbocycles. The van der Waals surface area contributed by atoms with Crippen LogP contribution in [0.4, 0.5) is 0 Å². The van der Waals surface area contributed by atoms with Crippen molar-refractivity contribution in [2.75, 3.05) is 7.11 Å². The standard InChI is InChI=1S/C13H17ClO4S/c1-17-11-3-2-4-12(9-11)18-10-5-7-13(8-6-10)19(14,15)16/h5-8,11-12H,2-4,9H2,1H3. The molecule has 2 unspecified atom stereocenters. The molecule has 0 radical (unpaired) electrons. The average Bonchev–Trinajstić information content (AvgIpc) is 2.38. The van der Waals surface area contributed by atoms with E-state index in [1.54, 1.807) is 19.2 Å². The van der Waals surface area contributed by atoms with Crippen LogP contribution in [0.3, 0.4) is 0 Å². The fourth-order valence-electron chi connectivity index (χ4n) is 2.30. The molecular formula is C13H17ClO4S. The van der Waals surface area contributed by atoms with Crippen LogP contribution in [0.2, 0.25) is 0 Å². The second-order valence-electron chi connectivity index (χ2n) is 4.67. The highest BCUT2D eigenvalue weighted by atomic mass is 35.7. The molecule has 0 N–H and O–H groups in total. The van der Waals surface area contributed by atoms with Gasteiger partial charge in [-0.3, -0.25) is 0 Å². The molecule has 1 fully saturated rings. The van der Waals surface area contributed by atoms with E-state index < -0.39 is 9.05 Å². The van der Waals surface area contributed by atoms with Crippen molar-refractivity contribution >= 4 is 19.7 Å². The van der Waals surface area contributed by atoms with E-state index in [0.717, 1.165) is 25.7 Å². The summed E-state index contributed by atoms with van der Waals surface area (Å²) in [6, 6.07) is 6.17. The van der Waals surface area contributed by atoms with Crippen LogP contribution in [-0.4, -0.2) is 27.7 Å². The molecule has 0 spiro atoms. The summed E-state index contributed by atoms with van der Waals surface area (Å²) in [5.41, 5.74) is 0. The van der Waals surface area contributed by atoms with Gasteiger partial charge in [-0.1, -0.05) is 0 Å². The summed E-state index contributed by atoms with van der Waals surface area (Å²) in [6.45, 7) is 0. The molecule has 4 nitrogen and oxygen atoms in total. The fraction of sp³-hybridized carbons (Fsp3) is 0.538. The quantitative estimate of drug-likeness (QED) is 0.803. The van der Waals surface area contributed by atoms with Crippen LogP contribution in [0.15, 0.2) is 29.2 Å². The summed E-state index contributed by atoms with van der Waals surface area (Å²) < 4.78 is 33.4. The van der Waals surface area contributed by atoms with Gasteiger partial charge in [-0.15, -0.1) is 0 Å². The van der Waals surface area contributed by atoms with E-state index in [0.29, 0.717) is 5.75 Å². The van der Waals surface area contributed by atoms with Gasteiger partial charge in [0.25, 0.3) is 9.05 Å². The predicted octanol–water partition coefficient (Wildman–Crippen LogP) is 2.95. The zero-order valence-electron chi connectivity index (χ0n) is 10.7. The van der Waals surface area contributed by atoms with Gasteiger partial charge in [-0.05, 0) is 43.5 Å². The highest BCUT2D eigenvalue weighted by Crippen LogP contribution is 2.26. The lowest BCUT2D eigenvalue weighted by molar-refractivity contribution is 0.0209. The Labute approximate surface area is 118 Å². The first kappa shape index (κ1) is 14.6. The normalized spacial score (nSPS) is 24.1. The van der Waals surface area contributed by atoms with Gasteiger partial charge in [-0.2, -0.15) is 0 Å². The zero-order chi connectivity index (χ0) is 13.9. The maximum absolute atomic E-state index is 11.1. The minimum absolute atomic E-state index is 0.0833. The van der Waals surface area contributed by atoms with Gasteiger partial charge >= 0.3 is 0 Å². The van der Waals surface area contributed by atoms with Crippen LogP contribution < -0.4 is 4.74 Å². The molecule has 1 aromatic rings. The van der Waals surface area contributed by atoms with E-state index >= 15 is 0 Å². The number of hydrogen-bond donors (Lipinski definition) is 0. The van der Waals surface area contributed by atoms with Crippen LogP contribution in [0.5, 0.6) is 5.75 Å². The van der Waals surface area contributed by atoms with E-state index in [1.165, 1.54) is 12.1 Å². The lowest BCUT2D eigenvalue weighted by Crippen LogP contribution is -2.29. The Morgan fingerprint density at radius 2 is 1.79 bits per heavy atom. The number of methoxy groups -OCH3 is 1. The van der Waals surface area contributed by atoms with Crippen molar-refractivity contribution in [1.29, 1.82) is 0 Å². The van der Waals surface area contributed by atoms with Gasteiger partial charge in [0.2, 0.25) is 0 Å². The fourth-order valence-corrected chi connectivity index (χ4v) is 3.07. The molecule has 0 amide bonds. The Morgan fingerprint density at radius 1 is 1.16 bits per heavy atom. The Balaban J connectivity index is 2.00. The van der Waals surface area contributed by atoms with E-state index in [1.807, 2.05) is 0 Å². The molecule has 0 bridgehead atoms. The third-order valence-electron chi connectivity index (χ3n) is 3.32. The summed E-state index contributed by atoms with van der Waals surface area (Å²) in [4.78, 5) is 0.0833. The lowest BCUT2D eigenvalue weighted by atomic mass is 9.95. The smallest absolute Gasteiger partial charge is 0.261 e. The van der Waals surface area contributed by atoms with E-state index in [-0.39, 0.29) is 17.1 Å². The van der Waals surface area contributed by atoms with Crippen molar-refractivity contribution < 1.29 is 17.9 Å². The molecule has 0 aliphatic heterocycles. The van der Waals surface area contributed by atoms with Crippen molar-refractivity contribution in [2.24, 2.45) is 0 Å². The Morgan fingerprint density at radius 3 is 2.37 bits per heavy atom. The van der Waals surface area contributed by atoms with Crippen LogP contribution in [0.25, 0.3) is 0 Å². The van der Waals surface area contributed by atoms with Crippen LogP contribution in [0, 0.1) is 0 Å². The number of benzene rings is 1. The van der Waals surface area contributed by atoms with Crippen molar-refractivity contribution in [3.8, 4) is 5.75 Å². The summed E-state index contributed by atoms with van der Waals surface area (Å²) >= 11 is 0. The molecule has 2 rings (SSSR count). The molecule has 6 heteroatoms. The molecule has 0 saturated heterocycles.